The zero-order chi connectivity index (χ0) is 23.7. The predicted octanol–water partition coefficient (Wildman–Crippen LogP) is 6.71. The van der Waals surface area contributed by atoms with E-state index in [0.29, 0.717) is 6.61 Å². The van der Waals surface area contributed by atoms with Crippen molar-refractivity contribution in [2.75, 3.05) is 26.9 Å². The first-order valence-corrected chi connectivity index (χ1v) is 13.3. The first-order valence-electron chi connectivity index (χ1n) is 11.9. The number of hydrogen-bond acceptors (Lipinski definition) is 3. The molecule has 0 N–H and O–H groups in total. The molecule has 3 nitrogen and oxygen atoms in total. The third-order valence-corrected chi connectivity index (χ3v) is 7.30. The molecule has 0 aliphatic heterocycles. The second-order valence-electron chi connectivity index (χ2n) is 7.85. The van der Waals surface area contributed by atoms with Crippen LogP contribution in [0.5, 0.6) is 5.75 Å². The van der Waals surface area contributed by atoms with Crippen molar-refractivity contribution in [2.24, 2.45) is 0 Å². The van der Waals surface area contributed by atoms with Crippen molar-refractivity contribution in [1.82, 2.24) is 0 Å². The minimum absolute atomic E-state index is 0. The van der Waals surface area contributed by atoms with E-state index in [1.807, 2.05) is 6.92 Å². The molecule has 0 amide bonds. The molecule has 186 valence electrons. The molecule has 0 aliphatic carbocycles. The molecule has 0 aliphatic rings. The Morgan fingerprint density at radius 1 is 0.706 bits per heavy atom. The SMILES string of the molecule is C.CCCCOCCC.COCC(C)Oc1ccc(P(c2ccccc2)c2ccccc2)cc1. The second-order valence-corrected chi connectivity index (χ2v) is 10.1. The lowest BCUT2D eigenvalue weighted by molar-refractivity contribution is 0.0921. The van der Waals surface area contributed by atoms with E-state index in [4.69, 9.17) is 14.2 Å². The van der Waals surface area contributed by atoms with Crippen molar-refractivity contribution in [3.63, 3.8) is 0 Å². The average molecular weight is 483 g/mol. The summed E-state index contributed by atoms with van der Waals surface area (Å²) < 4.78 is 16.2. The molecular formula is C30H43O3P. The Hall–Kier alpha value is -2.19. The summed E-state index contributed by atoms with van der Waals surface area (Å²) in [6, 6.07) is 29.9. The zero-order valence-corrected chi connectivity index (χ0v) is 21.5. The van der Waals surface area contributed by atoms with Crippen LogP contribution in [0.1, 0.15) is 47.5 Å². The molecule has 0 saturated carbocycles. The van der Waals surface area contributed by atoms with Crippen molar-refractivity contribution in [3.05, 3.63) is 84.9 Å². The molecule has 34 heavy (non-hydrogen) atoms. The molecule has 0 fully saturated rings. The highest BCUT2D eigenvalue weighted by molar-refractivity contribution is 7.79. The smallest absolute Gasteiger partial charge is 0.119 e. The van der Waals surface area contributed by atoms with Crippen molar-refractivity contribution in [2.45, 2.75) is 53.6 Å². The van der Waals surface area contributed by atoms with Gasteiger partial charge < -0.3 is 14.2 Å². The van der Waals surface area contributed by atoms with Gasteiger partial charge in [-0.3, -0.25) is 0 Å². The van der Waals surface area contributed by atoms with E-state index in [1.54, 1.807) is 7.11 Å². The Morgan fingerprint density at radius 2 is 1.24 bits per heavy atom. The van der Waals surface area contributed by atoms with Gasteiger partial charge >= 0.3 is 0 Å². The summed E-state index contributed by atoms with van der Waals surface area (Å²) in [5.41, 5.74) is 0. The van der Waals surface area contributed by atoms with Crippen LogP contribution < -0.4 is 20.7 Å². The number of rotatable bonds is 12. The minimum Gasteiger partial charge on any atom is -0.488 e. The van der Waals surface area contributed by atoms with Gasteiger partial charge in [-0.05, 0) is 55.7 Å². The molecule has 0 spiro atoms. The van der Waals surface area contributed by atoms with Gasteiger partial charge in [0.2, 0.25) is 0 Å². The van der Waals surface area contributed by atoms with Gasteiger partial charge in [0.15, 0.2) is 0 Å². The van der Waals surface area contributed by atoms with Crippen molar-refractivity contribution in [1.29, 1.82) is 0 Å². The van der Waals surface area contributed by atoms with Crippen LogP contribution in [0.4, 0.5) is 0 Å². The maximum atomic E-state index is 5.88. The highest BCUT2D eigenvalue weighted by atomic mass is 31.1. The highest BCUT2D eigenvalue weighted by Gasteiger charge is 2.16. The quantitative estimate of drug-likeness (QED) is 0.212. The Labute approximate surface area is 209 Å². The Bertz CT molecular complexity index is 808. The van der Waals surface area contributed by atoms with E-state index >= 15 is 0 Å². The maximum absolute atomic E-state index is 5.88. The first kappa shape index (κ1) is 29.8. The first-order chi connectivity index (χ1) is 16.2. The Morgan fingerprint density at radius 3 is 1.71 bits per heavy atom. The number of methoxy groups -OCH3 is 1. The minimum atomic E-state index is -0.566. The fourth-order valence-corrected chi connectivity index (χ4v) is 5.55. The highest BCUT2D eigenvalue weighted by Crippen LogP contribution is 2.33. The molecule has 3 rings (SSSR count). The molecule has 0 saturated heterocycles. The van der Waals surface area contributed by atoms with Crippen molar-refractivity contribution < 1.29 is 14.2 Å². The van der Waals surface area contributed by atoms with Crippen LogP contribution in [-0.4, -0.2) is 33.0 Å². The third kappa shape index (κ3) is 10.8. The number of hydrogen-bond donors (Lipinski definition) is 0. The van der Waals surface area contributed by atoms with E-state index in [0.717, 1.165) is 25.4 Å². The summed E-state index contributed by atoms with van der Waals surface area (Å²) in [5.74, 6) is 0.879. The number of benzene rings is 3. The molecule has 4 heteroatoms. The topological polar surface area (TPSA) is 27.7 Å². The van der Waals surface area contributed by atoms with Crippen LogP contribution in [0.2, 0.25) is 0 Å². The van der Waals surface area contributed by atoms with Crippen molar-refractivity contribution >= 4 is 23.8 Å². The molecule has 0 bridgehead atoms. The summed E-state index contributed by atoms with van der Waals surface area (Å²) in [7, 11) is 1.12. The molecule has 0 heterocycles. The van der Waals surface area contributed by atoms with E-state index in [9.17, 15) is 0 Å². The lowest BCUT2D eigenvalue weighted by Crippen LogP contribution is -2.21. The van der Waals surface area contributed by atoms with E-state index in [2.05, 4.69) is 98.8 Å². The largest absolute Gasteiger partial charge is 0.488 e. The van der Waals surface area contributed by atoms with Gasteiger partial charge in [0.1, 0.15) is 11.9 Å². The van der Waals surface area contributed by atoms with Gasteiger partial charge in [-0.25, -0.2) is 0 Å². The maximum Gasteiger partial charge on any atom is 0.119 e. The van der Waals surface area contributed by atoms with Crippen LogP contribution in [-0.2, 0) is 9.47 Å². The monoisotopic (exact) mass is 482 g/mol. The standard InChI is InChI=1S/C22H23O2P.C7H16O.CH4/c1-18(17-23-2)24-19-13-15-22(16-14-19)25(20-9-5-3-6-10-20)21-11-7-4-8-12-21;1-3-5-7-8-6-4-2;/h3-16,18H,17H2,1-2H3;3-7H2,1-2H3;1H4. The van der Waals surface area contributed by atoms with E-state index in [-0.39, 0.29) is 13.5 Å². The van der Waals surface area contributed by atoms with Gasteiger partial charge in [-0.15, -0.1) is 0 Å². The van der Waals surface area contributed by atoms with Crippen LogP contribution in [0.15, 0.2) is 84.9 Å². The van der Waals surface area contributed by atoms with Gasteiger partial charge in [0, 0.05) is 20.3 Å². The normalized spacial score (nSPS) is 11.2. The van der Waals surface area contributed by atoms with Gasteiger partial charge in [-0.2, -0.15) is 0 Å². The molecule has 1 atom stereocenters. The Kier molecular flexibility index (Phi) is 16.0. The van der Waals surface area contributed by atoms with E-state index < -0.39 is 7.92 Å². The summed E-state index contributed by atoms with van der Waals surface area (Å²) in [6.45, 7) is 8.78. The molecular weight excluding hydrogens is 439 g/mol. The van der Waals surface area contributed by atoms with Crippen LogP contribution in [0.3, 0.4) is 0 Å². The fourth-order valence-electron chi connectivity index (χ4n) is 3.27. The van der Waals surface area contributed by atoms with Gasteiger partial charge in [0.25, 0.3) is 0 Å². The van der Waals surface area contributed by atoms with Gasteiger partial charge in [-0.1, -0.05) is 100 Å². The van der Waals surface area contributed by atoms with Gasteiger partial charge in [0.05, 0.1) is 6.61 Å². The predicted molar refractivity (Wildman–Crippen MR) is 150 cm³/mol. The number of ether oxygens (including phenoxy) is 3. The second kappa shape index (κ2) is 18.2. The summed E-state index contributed by atoms with van der Waals surface area (Å²) in [6.07, 6.45) is 3.63. The molecule has 3 aromatic rings. The molecule has 1 unspecified atom stereocenters. The summed E-state index contributed by atoms with van der Waals surface area (Å²) in [4.78, 5) is 0. The summed E-state index contributed by atoms with van der Waals surface area (Å²) in [5, 5.41) is 4.02. The Balaban J connectivity index is 0.000000556. The fraction of sp³-hybridized carbons (Fsp3) is 0.400. The van der Waals surface area contributed by atoms with Crippen LogP contribution in [0.25, 0.3) is 0 Å². The van der Waals surface area contributed by atoms with Crippen molar-refractivity contribution in [3.8, 4) is 5.75 Å². The summed E-state index contributed by atoms with van der Waals surface area (Å²) >= 11 is 0. The molecule has 0 aromatic heterocycles. The number of unbranched alkanes of at least 4 members (excludes halogenated alkanes) is 1. The average Bonchev–Trinajstić information content (AvgIpc) is 2.85. The zero-order valence-electron chi connectivity index (χ0n) is 20.6. The van der Waals surface area contributed by atoms with Crippen LogP contribution in [0, 0.1) is 0 Å². The van der Waals surface area contributed by atoms with Crippen LogP contribution >= 0.6 is 7.92 Å². The lowest BCUT2D eigenvalue weighted by Gasteiger charge is -2.20. The molecule has 3 aromatic carbocycles. The lowest BCUT2D eigenvalue weighted by atomic mass is 10.3. The third-order valence-electron chi connectivity index (χ3n) is 4.85. The molecule has 0 radical (unpaired) electrons. The van der Waals surface area contributed by atoms with E-state index in [1.165, 1.54) is 28.8 Å².